The number of methoxy groups -OCH3 is 1. The molecule has 8 heteroatoms. The van der Waals surface area contributed by atoms with Crippen LogP contribution in [-0.2, 0) is 11.3 Å². The number of aromatic nitrogens is 3. The van der Waals surface area contributed by atoms with E-state index in [0.29, 0.717) is 24.1 Å². The third-order valence-electron chi connectivity index (χ3n) is 5.04. The van der Waals surface area contributed by atoms with Gasteiger partial charge in [0.15, 0.2) is 0 Å². The van der Waals surface area contributed by atoms with Crippen LogP contribution < -0.4 is 10.9 Å². The molecular formula is C21H23ClN4O3. The van der Waals surface area contributed by atoms with Gasteiger partial charge in [0.05, 0.1) is 12.3 Å². The van der Waals surface area contributed by atoms with E-state index in [1.807, 2.05) is 31.3 Å². The maximum absolute atomic E-state index is 13.2. The van der Waals surface area contributed by atoms with Gasteiger partial charge in [-0.25, -0.2) is 4.98 Å². The van der Waals surface area contributed by atoms with Gasteiger partial charge in [0.25, 0.3) is 11.5 Å². The van der Waals surface area contributed by atoms with E-state index in [1.54, 1.807) is 28.3 Å². The van der Waals surface area contributed by atoms with E-state index in [0.717, 1.165) is 24.1 Å². The van der Waals surface area contributed by atoms with Crippen molar-refractivity contribution in [2.24, 2.45) is 5.92 Å². The molecule has 4 rings (SSSR count). The van der Waals surface area contributed by atoms with Crippen LogP contribution in [0.1, 0.15) is 30.3 Å². The number of fused-ring (bicyclic) bond motifs is 1. The first kappa shape index (κ1) is 19.7. The van der Waals surface area contributed by atoms with Crippen LogP contribution >= 0.6 is 11.6 Å². The van der Waals surface area contributed by atoms with Crippen LogP contribution in [0.4, 0.5) is 0 Å². The van der Waals surface area contributed by atoms with Gasteiger partial charge in [0.1, 0.15) is 5.69 Å². The van der Waals surface area contributed by atoms with Gasteiger partial charge in [-0.15, -0.1) is 0 Å². The van der Waals surface area contributed by atoms with Crippen LogP contribution in [0.3, 0.4) is 0 Å². The monoisotopic (exact) mass is 414 g/mol. The Bertz CT molecular complexity index is 1120. The molecule has 2 aromatic heterocycles. The van der Waals surface area contributed by atoms with E-state index >= 15 is 0 Å². The van der Waals surface area contributed by atoms with Crippen LogP contribution in [0.15, 0.2) is 41.5 Å². The quantitative estimate of drug-likeness (QED) is 0.644. The molecule has 1 aliphatic carbocycles. The van der Waals surface area contributed by atoms with Gasteiger partial charge in [0.2, 0.25) is 5.65 Å². The van der Waals surface area contributed by atoms with Crippen LogP contribution in [-0.4, -0.2) is 39.6 Å². The van der Waals surface area contributed by atoms with Crippen molar-refractivity contribution in [3.8, 4) is 11.3 Å². The summed E-state index contributed by atoms with van der Waals surface area (Å²) in [6, 6.07) is 7.28. The van der Waals surface area contributed by atoms with Gasteiger partial charge >= 0.3 is 0 Å². The number of hydrogen-bond acceptors (Lipinski definition) is 4. The summed E-state index contributed by atoms with van der Waals surface area (Å²) < 4.78 is 8.39. The average Bonchev–Trinajstić information content (AvgIpc) is 3.40. The molecule has 0 unspecified atom stereocenters. The molecule has 1 atom stereocenters. The first-order valence-corrected chi connectivity index (χ1v) is 10.0. The summed E-state index contributed by atoms with van der Waals surface area (Å²) in [5.41, 5.74) is 1.70. The number of imidazole rings is 1. The number of hydrogen-bond donors (Lipinski definition) is 1. The fourth-order valence-corrected chi connectivity index (χ4v) is 3.64. The Balaban J connectivity index is 1.80. The number of ether oxygens (including phenoxy) is 1. The predicted octanol–water partition coefficient (Wildman–Crippen LogP) is 2.99. The number of carbonyl (C=O) groups is 1. The molecule has 0 spiro atoms. The standard InChI is InChI=1S/C21H23ClN4O3/c1-13(12-29-2)23-20(27)17-10-25-11-18(15-5-3-4-6-16(15)22)26(9-14-7-8-14)21(28)19(25)24-17/h3-6,10-11,13-14H,7-9,12H2,1-2H3,(H,23,27)/t13-/m0/s1. The Morgan fingerprint density at radius 1 is 1.34 bits per heavy atom. The van der Waals surface area contributed by atoms with Crippen LogP contribution in [0.2, 0.25) is 5.02 Å². The summed E-state index contributed by atoms with van der Waals surface area (Å²) in [5.74, 6) is 0.148. The molecule has 1 N–H and O–H groups in total. The molecule has 152 valence electrons. The summed E-state index contributed by atoms with van der Waals surface area (Å²) in [6.45, 7) is 2.86. The molecule has 1 amide bonds. The zero-order valence-corrected chi connectivity index (χ0v) is 17.1. The Kier molecular flexibility index (Phi) is 5.43. The molecule has 0 aliphatic heterocycles. The van der Waals surface area contributed by atoms with Gasteiger partial charge in [-0.2, -0.15) is 0 Å². The molecular weight excluding hydrogens is 392 g/mol. The van der Waals surface area contributed by atoms with Gasteiger partial charge in [0, 0.05) is 42.7 Å². The zero-order valence-electron chi connectivity index (χ0n) is 16.4. The topological polar surface area (TPSA) is 77.6 Å². The normalized spacial score (nSPS) is 14.9. The number of carbonyl (C=O) groups excluding carboxylic acids is 1. The molecule has 2 heterocycles. The smallest absolute Gasteiger partial charge is 0.294 e. The first-order valence-electron chi connectivity index (χ1n) is 9.65. The lowest BCUT2D eigenvalue weighted by Crippen LogP contribution is -2.35. The molecule has 0 radical (unpaired) electrons. The number of nitrogens with one attached hydrogen (secondary N) is 1. The van der Waals surface area contributed by atoms with Crippen molar-refractivity contribution in [2.45, 2.75) is 32.4 Å². The molecule has 1 fully saturated rings. The minimum atomic E-state index is -0.342. The maximum Gasteiger partial charge on any atom is 0.294 e. The summed E-state index contributed by atoms with van der Waals surface area (Å²) in [6.07, 6.45) is 5.62. The van der Waals surface area contributed by atoms with E-state index in [9.17, 15) is 9.59 Å². The summed E-state index contributed by atoms with van der Waals surface area (Å²) in [4.78, 5) is 30.1. The second-order valence-electron chi connectivity index (χ2n) is 7.54. The fourth-order valence-electron chi connectivity index (χ4n) is 3.40. The number of benzene rings is 1. The van der Waals surface area contributed by atoms with Crippen LogP contribution in [0.25, 0.3) is 16.9 Å². The van der Waals surface area contributed by atoms with Gasteiger partial charge in [-0.1, -0.05) is 29.8 Å². The fraction of sp³-hybridized carbons (Fsp3) is 0.381. The lowest BCUT2D eigenvalue weighted by Gasteiger charge is -2.14. The molecule has 3 aromatic rings. The highest BCUT2D eigenvalue weighted by Gasteiger charge is 2.25. The SMILES string of the molecule is COC[C@H](C)NC(=O)c1cn2cc(-c3ccccc3Cl)n(CC3CC3)c(=O)c2n1. The molecule has 0 saturated heterocycles. The maximum atomic E-state index is 13.2. The van der Waals surface area contributed by atoms with E-state index in [1.165, 1.54) is 0 Å². The molecule has 1 saturated carbocycles. The largest absolute Gasteiger partial charge is 0.383 e. The molecule has 0 bridgehead atoms. The Labute approximate surface area is 173 Å². The van der Waals surface area contributed by atoms with Crippen molar-refractivity contribution < 1.29 is 9.53 Å². The Morgan fingerprint density at radius 2 is 2.10 bits per heavy atom. The van der Waals surface area contributed by atoms with Crippen molar-refractivity contribution in [3.63, 3.8) is 0 Å². The van der Waals surface area contributed by atoms with Crippen LogP contribution in [0, 0.1) is 5.92 Å². The Hall–Kier alpha value is -2.64. The molecule has 29 heavy (non-hydrogen) atoms. The number of rotatable bonds is 7. The van der Waals surface area contributed by atoms with Gasteiger partial charge in [-0.3, -0.25) is 14.0 Å². The highest BCUT2D eigenvalue weighted by atomic mass is 35.5. The van der Waals surface area contributed by atoms with Crippen molar-refractivity contribution >= 4 is 23.2 Å². The van der Waals surface area contributed by atoms with Crippen molar-refractivity contribution in [3.05, 3.63) is 57.7 Å². The van der Waals surface area contributed by atoms with Crippen molar-refractivity contribution in [1.82, 2.24) is 19.3 Å². The average molecular weight is 415 g/mol. The molecule has 1 aliphatic rings. The van der Waals surface area contributed by atoms with E-state index in [4.69, 9.17) is 16.3 Å². The van der Waals surface area contributed by atoms with E-state index in [2.05, 4.69) is 10.3 Å². The van der Waals surface area contributed by atoms with Crippen molar-refractivity contribution in [2.75, 3.05) is 13.7 Å². The van der Waals surface area contributed by atoms with Gasteiger partial charge < -0.3 is 14.6 Å². The summed E-state index contributed by atoms with van der Waals surface area (Å²) in [5, 5.41) is 3.39. The lowest BCUT2D eigenvalue weighted by atomic mass is 10.1. The van der Waals surface area contributed by atoms with E-state index in [-0.39, 0.29) is 28.8 Å². The second kappa shape index (κ2) is 8.00. The number of amides is 1. The second-order valence-corrected chi connectivity index (χ2v) is 7.95. The summed E-state index contributed by atoms with van der Waals surface area (Å²) >= 11 is 6.41. The molecule has 7 nitrogen and oxygen atoms in total. The highest BCUT2D eigenvalue weighted by molar-refractivity contribution is 6.33. The van der Waals surface area contributed by atoms with Gasteiger partial charge in [-0.05, 0) is 31.7 Å². The van der Waals surface area contributed by atoms with E-state index < -0.39 is 0 Å². The third-order valence-corrected chi connectivity index (χ3v) is 5.36. The Morgan fingerprint density at radius 3 is 2.79 bits per heavy atom. The third kappa shape index (κ3) is 4.06. The highest BCUT2D eigenvalue weighted by Crippen LogP contribution is 2.33. The lowest BCUT2D eigenvalue weighted by molar-refractivity contribution is 0.0901. The van der Waals surface area contributed by atoms with Crippen molar-refractivity contribution in [1.29, 1.82) is 0 Å². The first-order chi connectivity index (χ1) is 14.0. The number of halogens is 1. The predicted molar refractivity (Wildman–Crippen MR) is 111 cm³/mol. The molecule has 1 aromatic carbocycles. The summed E-state index contributed by atoms with van der Waals surface area (Å²) in [7, 11) is 1.58. The number of nitrogens with zero attached hydrogens (tertiary/aromatic N) is 3. The van der Waals surface area contributed by atoms with Crippen LogP contribution in [0.5, 0.6) is 0 Å². The zero-order chi connectivity index (χ0) is 20.5. The minimum Gasteiger partial charge on any atom is -0.383 e. The minimum absolute atomic E-state index is 0.164.